The highest BCUT2D eigenvalue weighted by Crippen LogP contribution is 2.18. The molecule has 1 fully saturated rings. The Hall–Kier alpha value is -1.84. The van der Waals surface area contributed by atoms with E-state index in [0.29, 0.717) is 17.0 Å². The largest absolute Gasteiger partial charge is 0.342 e. The summed E-state index contributed by atoms with van der Waals surface area (Å²) in [6.07, 6.45) is 4.35. The molecule has 2 rings (SSSR count). The van der Waals surface area contributed by atoms with Crippen LogP contribution in [-0.2, 0) is 0 Å². The molecule has 0 aliphatic carbocycles. The predicted molar refractivity (Wildman–Crippen MR) is 92.6 cm³/mol. The minimum Gasteiger partial charge on any atom is -0.342 e. The van der Waals surface area contributed by atoms with Crippen LogP contribution in [0.25, 0.3) is 0 Å². The summed E-state index contributed by atoms with van der Waals surface area (Å²) in [4.78, 5) is 28.5. The lowest BCUT2D eigenvalue weighted by Gasteiger charge is -2.31. The number of nitrogens with zero attached hydrogens (tertiary/aromatic N) is 2. The normalized spacial score (nSPS) is 17.9. The van der Waals surface area contributed by atoms with Crippen molar-refractivity contribution in [1.82, 2.24) is 9.80 Å². The Kier molecular flexibility index (Phi) is 6.20. The summed E-state index contributed by atoms with van der Waals surface area (Å²) in [6.45, 7) is 6.73. The Bertz CT molecular complexity index is 539. The minimum absolute atomic E-state index is 0.0176. The van der Waals surface area contributed by atoms with Crippen molar-refractivity contribution in [3.8, 4) is 0 Å². The SMILES string of the molecule is CCCCN(C)C(=O)c1ccc(C(=O)N2CCCC(C)C2)cc1. The lowest BCUT2D eigenvalue weighted by molar-refractivity contribution is 0.0682. The summed E-state index contributed by atoms with van der Waals surface area (Å²) in [5, 5.41) is 0. The second-order valence-corrected chi connectivity index (χ2v) is 6.66. The van der Waals surface area contributed by atoms with Gasteiger partial charge in [0.15, 0.2) is 0 Å². The van der Waals surface area contributed by atoms with Crippen molar-refractivity contribution in [2.75, 3.05) is 26.7 Å². The summed E-state index contributed by atoms with van der Waals surface area (Å²) < 4.78 is 0. The summed E-state index contributed by atoms with van der Waals surface area (Å²) in [7, 11) is 1.83. The smallest absolute Gasteiger partial charge is 0.253 e. The third-order valence-electron chi connectivity index (χ3n) is 4.52. The number of likely N-dealkylation sites (tertiary alicyclic amines) is 1. The molecule has 23 heavy (non-hydrogen) atoms. The van der Waals surface area contributed by atoms with Crippen LogP contribution < -0.4 is 0 Å². The molecule has 2 amide bonds. The summed E-state index contributed by atoms with van der Waals surface area (Å²) in [5.41, 5.74) is 1.32. The van der Waals surface area contributed by atoms with Crippen molar-refractivity contribution in [1.29, 1.82) is 0 Å². The quantitative estimate of drug-likeness (QED) is 0.835. The first-order chi connectivity index (χ1) is 11.0. The van der Waals surface area contributed by atoms with Crippen molar-refractivity contribution in [2.24, 2.45) is 5.92 Å². The zero-order valence-electron chi connectivity index (χ0n) is 14.5. The maximum atomic E-state index is 12.5. The number of benzene rings is 1. The monoisotopic (exact) mass is 316 g/mol. The Morgan fingerprint density at radius 2 is 1.87 bits per heavy atom. The first-order valence-electron chi connectivity index (χ1n) is 8.67. The van der Waals surface area contributed by atoms with E-state index in [-0.39, 0.29) is 11.8 Å². The molecule has 0 saturated carbocycles. The molecule has 0 bridgehead atoms. The van der Waals surface area contributed by atoms with Crippen LogP contribution in [0.4, 0.5) is 0 Å². The molecule has 1 heterocycles. The van der Waals surface area contributed by atoms with Crippen molar-refractivity contribution in [3.63, 3.8) is 0 Å². The molecule has 1 atom stereocenters. The summed E-state index contributed by atoms with van der Waals surface area (Å²) >= 11 is 0. The van der Waals surface area contributed by atoms with Crippen LogP contribution in [0.2, 0.25) is 0 Å². The first-order valence-corrected chi connectivity index (χ1v) is 8.67. The molecule has 1 unspecified atom stereocenters. The Morgan fingerprint density at radius 3 is 2.48 bits per heavy atom. The van der Waals surface area contributed by atoms with Crippen LogP contribution in [0.5, 0.6) is 0 Å². The first kappa shape index (κ1) is 17.5. The van der Waals surface area contributed by atoms with Crippen molar-refractivity contribution >= 4 is 11.8 Å². The van der Waals surface area contributed by atoms with Crippen molar-refractivity contribution < 1.29 is 9.59 Å². The highest BCUT2D eigenvalue weighted by atomic mass is 16.2. The van der Waals surface area contributed by atoms with Crippen LogP contribution in [0.3, 0.4) is 0 Å². The van der Waals surface area contributed by atoms with Gasteiger partial charge >= 0.3 is 0 Å². The number of carbonyl (C=O) groups is 2. The van der Waals surface area contributed by atoms with Crippen molar-refractivity contribution in [3.05, 3.63) is 35.4 Å². The van der Waals surface area contributed by atoms with E-state index in [2.05, 4.69) is 13.8 Å². The molecule has 1 aromatic rings. The summed E-state index contributed by atoms with van der Waals surface area (Å²) in [5.74, 6) is 0.666. The van der Waals surface area contributed by atoms with Gasteiger partial charge in [0, 0.05) is 37.8 Å². The number of amides is 2. The standard InChI is InChI=1S/C19H28N2O2/c1-4-5-12-20(3)18(22)16-8-10-17(11-9-16)19(23)21-13-6-7-15(2)14-21/h8-11,15H,4-7,12-14H2,1-3H3. The number of hydrogen-bond donors (Lipinski definition) is 0. The van der Waals surface area contributed by atoms with Crippen LogP contribution in [-0.4, -0.2) is 48.3 Å². The average Bonchev–Trinajstić information content (AvgIpc) is 2.58. The molecular weight excluding hydrogens is 288 g/mol. The van der Waals surface area contributed by atoms with Gasteiger partial charge in [0.1, 0.15) is 0 Å². The van der Waals surface area contributed by atoms with E-state index >= 15 is 0 Å². The molecule has 0 N–H and O–H groups in total. The number of unbranched alkanes of at least 4 members (excludes halogenated alkanes) is 1. The van der Waals surface area contributed by atoms with E-state index in [1.54, 1.807) is 29.2 Å². The molecule has 0 spiro atoms. The average molecular weight is 316 g/mol. The van der Waals surface area contributed by atoms with E-state index in [1.165, 1.54) is 6.42 Å². The van der Waals surface area contributed by atoms with Gasteiger partial charge in [0.05, 0.1) is 0 Å². The Morgan fingerprint density at radius 1 is 1.22 bits per heavy atom. The van der Waals surface area contributed by atoms with Gasteiger partial charge in [-0.15, -0.1) is 0 Å². The zero-order valence-corrected chi connectivity index (χ0v) is 14.5. The topological polar surface area (TPSA) is 40.6 Å². The van der Waals surface area contributed by atoms with Gasteiger partial charge in [-0.05, 0) is 49.4 Å². The highest BCUT2D eigenvalue weighted by molar-refractivity contribution is 5.97. The van der Waals surface area contributed by atoms with Gasteiger partial charge in [0.2, 0.25) is 0 Å². The molecule has 1 saturated heterocycles. The molecule has 0 aromatic heterocycles. The van der Waals surface area contributed by atoms with E-state index in [1.807, 2.05) is 11.9 Å². The zero-order chi connectivity index (χ0) is 16.8. The van der Waals surface area contributed by atoms with Gasteiger partial charge in [-0.3, -0.25) is 9.59 Å². The van der Waals surface area contributed by atoms with Gasteiger partial charge < -0.3 is 9.80 Å². The maximum Gasteiger partial charge on any atom is 0.253 e. The molecule has 4 heteroatoms. The number of carbonyl (C=O) groups excluding carboxylic acids is 2. The second kappa shape index (κ2) is 8.14. The molecule has 1 aromatic carbocycles. The predicted octanol–water partition coefficient (Wildman–Crippen LogP) is 3.43. The van der Waals surface area contributed by atoms with Gasteiger partial charge in [-0.25, -0.2) is 0 Å². The molecule has 0 radical (unpaired) electrons. The van der Waals surface area contributed by atoms with Crippen molar-refractivity contribution in [2.45, 2.75) is 39.5 Å². The van der Waals surface area contributed by atoms with E-state index in [9.17, 15) is 9.59 Å². The fourth-order valence-electron chi connectivity index (χ4n) is 3.03. The van der Waals surface area contributed by atoms with Crippen LogP contribution in [0.1, 0.15) is 60.2 Å². The molecule has 4 nitrogen and oxygen atoms in total. The summed E-state index contributed by atoms with van der Waals surface area (Å²) in [6, 6.07) is 7.10. The fourth-order valence-corrected chi connectivity index (χ4v) is 3.03. The molecule has 1 aliphatic heterocycles. The number of piperidine rings is 1. The highest BCUT2D eigenvalue weighted by Gasteiger charge is 2.22. The Balaban J connectivity index is 2.01. The van der Waals surface area contributed by atoms with E-state index < -0.39 is 0 Å². The van der Waals surface area contributed by atoms with Crippen LogP contribution >= 0.6 is 0 Å². The fraction of sp³-hybridized carbons (Fsp3) is 0.579. The Labute approximate surface area is 139 Å². The molecule has 126 valence electrons. The maximum absolute atomic E-state index is 12.5. The molecular formula is C19H28N2O2. The van der Waals surface area contributed by atoms with Crippen LogP contribution in [0.15, 0.2) is 24.3 Å². The van der Waals surface area contributed by atoms with Gasteiger partial charge in [-0.2, -0.15) is 0 Å². The van der Waals surface area contributed by atoms with E-state index in [4.69, 9.17) is 0 Å². The third kappa shape index (κ3) is 4.57. The second-order valence-electron chi connectivity index (χ2n) is 6.66. The lowest BCUT2D eigenvalue weighted by atomic mass is 9.99. The van der Waals surface area contributed by atoms with Crippen LogP contribution in [0, 0.1) is 5.92 Å². The minimum atomic E-state index is 0.0176. The van der Waals surface area contributed by atoms with Gasteiger partial charge in [-0.1, -0.05) is 20.3 Å². The number of hydrogen-bond acceptors (Lipinski definition) is 2. The van der Waals surface area contributed by atoms with Gasteiger partial charge in [0.25, 0.3) is 11.8 Å². The third-order valence-corrected chi connectivity index (χ3v) is 4.52. The van der Waals surface area contributed by atoms with E-state index in [0.717, 1.165) is 38.9 Å². The number of rotatable bonds is 5. The lowest BCUT2D eigenvalue weighted by Crippen LogP contribution is -2.39. The molecule has 1 aliphatic rings.